The molecule has 0 heterocycles. The molecular weight excluding hydrogens is 549 g/mol. The van der Waals surface area contributed by atoms with Gasteiger partial charge in [0.05, 0.1) is 30.0 Å². The summed E-state index contributed by atoms with van der Waals surface area (Å²) in [5.74, 6) is 0.511. The highest BCUT2D eigenvalue weighted by atomic mass is 35.5. The van der Waals surface area contributed by atoms with Crippen LogP contribution >= 0.6 is 23.2 Å². The van der Waals surface area contributed by atoms with E-state index in [9.17, 15) is 13.2 Å². The van der Waals surface area contributed by atoms with E-state index in [2.05, 4.69) is 10.5 Å². The number of anilines is 1. The maximum absolute atomic E-state index is 13.5. The average molecular weight is 579 g/mol. The summed E-state index contributed by atoms with van der Waals surface area (Å²) in [4.78, 5) is 12.8. The van der Waals surface area contributed by atoms with Crippen LogP contribution in [0.3, 0.4) is 0 Å². The third-order valence-corrected chi connectivity index (χ3v) is 7.39. The highest BCUT2D eigenvalue weighted by molar-refractivity contribution is 7.92. The van der Waals surface area contributed by atoms with E-state index in [-0.39, 0.29) is 20.6 Å². The van der Waals surface area contributed by atoms with Crippen LogP contribution in [0.5, 0.6) is 11.5 Å². The van der Waals surface area contributed by atoms with Crippen molar-refractivity contribution in [1.29, 1.82) is 0 Å². The van der Waals surface area contributed by atoms with E-state index in [1.54, 1.807) is 30.3 Å². The Morgan fingerprint density at radius 1 is 0.974 bits per heavy atom. The third-order valence-electron chi connectivity index (χ3n) is 5.16. The van der Waals surface area contributed by atoms with Crippen molar-refractivity contribution >= 4 is 51.0 Å². The molecule has 0 fully saturated rings. The summed E-state index contributed by atoms with van der Waals surface area (Å²) >= 11 is 12.2. The summed E-state index contributed by atoms with van der Waals surface area (Å²) in [6, 6.07) is 15.9. The third kappa shape index (κ3) is 7.86. The first-order valence-corrected chi connectivity index (χ1v) is 14.1. The molecular formula is C27H29Cl2N3O5S. The van der Waals surface area contributed by atoms with Gasteiger partial charge in [-0.05, 0) is 74.4 Å². The summed E-state index contributed by atoms with van der Waals surface area (Å²) < 4.78 is 39.3. The van der Waals surface area contributed by atoms with E-state index in [1.165, 1.54) is 36.5 Å². The molecule has 202 valence electrons. The van der Waals surface area contributed by atoms with Crippen molar-refractivity contribution in [3.05, 3.63) is 81.8 Å². The van der Waals surface area contributed by atoms with Crippen LogP contribution in [0, 0.1) is 6.92 Å². The van der Waals surface area contributed by atoms with Crippen LogP contribution < -0.4 is 19.2 Å². The minimum absolute atomic E-state index is 0.0179. The normalized spacial score (nSPS) is 11.4. The number of nitrogens with one attached hydrogen (secondary N) is 1. The van der Waals surface area contributed by atoms with Gasteiger partial charge >= 0.3 is 0 Å². The van der Waals surface area contributed by atoms with Crippen molar-refractivity contribution in [2.75, 3.05) is 24.1 Å². The molecule has 0 aliphatic rings. The molecule has 0 atom stereocenters. The Morgan fingerprint density at radius 2 is 1.66 bits per heavy atom. The zero-order valence-electron chi connectivity index (χ0n) is 21.3. The number of hydrogen-bond donors (Lipinski definition) is 1. The maximum Gasteiger partial charge on any atom is 0.264 e. The topological polar surface area (TPSA) is 97.3 Å². The number of benzene rings is 3. The zero-order valence-corrected chi connectivity index (χ0v) is 23.6. The smallest absolute Gasteiger partial charge is 0.264 e. The fraction of sp³-hybridized carbons (Fsp3) is 0.259. The van der Waals surface area contributed by atoms with E-state index in [1.807, 2.05) is 20.8 Å². The molecule has 0 saturated heterocycles. The van der Waals surface area contributed by atoms with Crippen molar-refractivity contribution in [3.8, 4) is 11.5 Å². The second-order valence-corrected chi connectivity index (χ2v) is 11.0. The predicted molar refractivity (Wildman–Crippen MR) is 151 cm³/mol. The number of carbonyl (C=O) groups is 1. The largest absolute Gasteiger partial charge is 0.490 e. The first-order valence-electron chi connectivity index (χ1n) is 11.9. The molecule has 38 heavy (non-hydrogen) atoms. The van der Waals surface area contributed by atoms with E-state index >= 15 is 0 Å². The quantitative estimate of drug-likeness (QED) is 0.215. The Hall–Kier alpha value is -3.27. The van der Waals surface area contributed by atoms with E-state index in [0.29, 0.717) is 30.3 Å². The van der Waals surface area contributed by atoms with Crippen LogP contribution in [-0.4, -0.2) is 40.3 Å². The molecule has 0 bridgehead atoms. The van der Waals surface area contributed by atoms with Crippen LogP contribution in [-0.2, 0) is 14.8 Å². The van der Waals surface area contributed by atoms with Crippen molar-refractivity contribution in [2.45, 2.75) is 32.1 Å². The lowest BCUT2D eigenvalue weighted by Gasteiger charge is -2.24. The standard InChI is InChI=1S/C27H29Cl2N3O5S/c1-4-12-37-25-11-8-20(13-26(25)36-5-2)17-30-31-27(33)18-32(23-15-21(28)14-22(29)16-23)38(34,35)24-9-6-19(3)7-10-24/h6-11,13-17H,4-5,12,18H2,1-3H3,(H,31,33)/b30-17-. The lowest BCUT2D eigenvalue weighted by molar-refractivity contribution is -0.119. The van der Waals surface area contributed by atoms with Crippen LogP contribution in [0.15, 0.2) is 70.7 Å². The van der Waals surface area contributed by atoms with E-state index in [4.69, 9.17) is 32.7 Å². The molecule has 0 unspecified atom stereocenters. The minimum atomic E-state index is -4.13. The van der Waals surface area contributed by atoms with Crippen LogP contribution in [0.1, 0.15) is 31.4 Å². The van der Waals surface area contributed by atoms with Crippen LogP contribution in [0.4, 0.5) is 5.69 Å². The van der Waals surface area contributed by atoms with Gasteiger partial charge in [0.15, 0.2) is 11.5 Å². The van der Waals surface area contributed by atoms with Crippen molar-refractivity contribution in [2.24, 2.45) is 5.10 Å². The van der Waals surface area contributed by atoms with Gasteiger partial charge in [-0.2, -0.15) is 5.10 Å². The SMILES string of the molecule is CCCOc1ccc(/C=N\NC(=O)CN(c2cc(Cl)cc(Cl)c2)S(=O)(=O)c2ccc(C)cc2)cc1OCC. The second-order valence-electron chi connectivity index (χ2n) is 8.23. The fourth-order valence-electron chi connectivity index (χ4n) is 3.38. The Balaban J connectivity index is 1.82. The van der Waals surface area contributed by atoms with Crippen molar-refractivity contribution in [3.63, 3.8) is 0 Å². The number of aryl methyl sites for hydroxylation is 1. The van der Waals surface area contributed by atoms with E-state index < -0.39 is 22.5 Å². The molecule has 0 aromatic heterocycles. The molecule has 0 saturated carbocycles. The summed E-state index contributed by atoms with van der Waals surface area (Å²) in [6.45, 7) is 6.19. The molecule has 3 rings (SSSR count). The average Bonchev–Trinajstić information content (AvgIpc) is 2.86. The fourth-order valence-corrected chi connectivity index (χ4v) is 5.30. The Labute approximate surface area is 233 Å². The Bertz CT molecular complexity index is 1380. The number of carbonyl (C=O) groups excluding carboxylic acids is 1. The number of nitrogens with zero attached hydrogens (tertiary/aromatic N) is 2. The van der Waals surface area contributed by atoms with Gasteiger partial charge in [-0.15, -0.1) is 0 Å². The van der Waals surface area contributed by atoms with Gasteiger partial charge in [0.2, 0.25) is 0 Å². The molecule has 0 spiro atoms. The van der Waals surface area contributed by atoms with Gasteiger partial charge in [0, 0.05) is 10.0 Å². The van der Waals surface area contributed by atoms with Gasteiger partial charge in [-0.25, -0.2) is 13.8 Å². The van der Waals surface area contributed by atoms with Gasteiger partial charge < -0.3 is 9.47 Å². The molecule has 0 aliphatic heterocycles. The Kier molecular flexibility index (Phi) is 10.4. The number of amides is 1. The Morgan fingerprint density at radius 3 is 2.29 bits per heavy atom. The maximum atomic E-state index is 13.5. The molecule has 8 nitrogen and oxygen atoms in total. The molecule has 1 N–H and O–H groups in total. The van der Waals surface area contributed by atoms with E-state index in [0.717, 1.165) is 16.3 Å². The summed E-state index contributed by atoms with van der Waals surface area (Å²) in [5, 5.41) is 4.44. The monoisotopic (exact) mass is 577 g/mol. The van der Waals surface area contributed by atoms with Gasteiger partial charge in [-0.1, -0.05) is 47.8 Å². The summed E-state index contributed by atoms with van der Waals surface area (Å²) in [6.07, 6.45) is 2.29. The van der Waals surface area contributed by atoms with Gasteiger partial charge in [-0.3, -0.25) is 9.10 Å². The number of hydrogen-bond acceptors (Lipinski definition) is 6. The first-order chi connectivity index (χ1) is 18.1. The second kappa shape index (κ2) is 13.5. The first kappa shape index (κ1) is 29.3. The zero-order chi connectivity index (χ0) is 27.7. The van der Waals surface area contributed by atoms with Crippen LogP contribution in [0.2, 0.25) is 10.0 Å². The lowest BCUT2D eigenvalue weighted by atomic mass is 10.2. The van der Waals surface area contributed by atoms with Crippen molar-refractivity contribution < 1.29 is 22.7 Å². The molecule has 0 radical (unpaired) electrons. The number of sulfonamides is 1. The lowest BCUT2D eigenvalue weighted by Crippen LogP contribution is -2.39. The highest BCUT2D eigenvalue weighted by Crippen LogP contribution is 2.30. The van der Waals surface area contributed by atoms with Crippen molar-refractivity contribution in [1.82, 2.24) is 5.43 Å². The number of halogens is 2. The highest BCUT2D eigenvalue weighted by Gasteiger charge is 2.27. The van der Waals surface area contributed by atoms with Gasteiger partial charge in [0.25, 0.3) is 15.9 Å². The van der Waals surface area contributed by atoms with Crippen LogP contribution in [0.25, 0.3) is 0 Å². The molecule has 11 heteroatoms. The number of rotatable bonds is 12. The summed E-state index contributed by atoms with van der Waals surface area (Å²) in [7, 11) is -4.13. The number of hydrazone groups is 1. The molecule has 1 amide bonds. The minimum Gasteiger partial charge on any atom is -0.490 e. The summed E-state index contributed by atoms with van der Waals surface area (Å²) in [5.41, 5.74) is 4.07. The number of ether oxygens (including phenoxy) is 2. The molecule has 0 aliphatic carbocycles. The molecule has 3 aromatic rings. The van der Waals surface area contributed by atoms with Gasteiger partial charge in [0.1, 0.15) is 6.54 Å². The predicted octanol–water partition coefficient (Wildman–Crippen LogP) is 5.83. The molecule has 3 aromatic carbocycles.